The van der Waals surface area contributed by atoms with Crippen LogP contribution < -0.4 is 0 Å². The van der Waals surface area contributed by atoms with Gasteiger partial charge in [-0.1, -0.05) is 25.1 Å². The summed E-state index contributed by atoms with van der Waals surface area (Å²) in [6.45, 7) is 4.25. The van der Waals surface area contributed by atoms with Crippen LogP contribution >= 0.6 is 0 Å². The van der Waals surface area contributed by atoms with E-state index in [9.17, 15) is 19.2 Å². The molecular formula is C21H25N3O4. The standard InChI is InChI=1S/C21H25N3O4/c1-13-18-16(24(14(2)25)19(13)26)10-12-23(18)21(28)17-9-6-11-22(17)20(27)15-7-4-3-5-8-15/h3-5,7-8,13,16-18H,6,9-12H2,1-2H3/t13-,16-,17?,18+/m0/s1. The van der Waals surface area contributed by atoms with Crippen LogP contribution in [0.2, 0.25) is 0 Å². The first-order valence-corrected chi connectivity index (χ1v) is 9.92. The fourth-order valence-corrected chi connectivity index (χ4v) is 5.06. The van der Waals surface area contributed by atoms with E-state index in [0.29, 0.717) is 31.5 Å². The van der Waals surface area contributed by atoms with Gasteiger partial charge < -0.3 is 9.80 Å². The topological polar surface area (TPSA) is 78.0 Å². The molecular weight excluding hydrogens is 358 g/mol. The van der Waals surface area contributed by atoms with Gasteiger partial charge >= 0.3 is 0 Å². The maximum absolute atomic E-state index is 13.4. The molecule has 3 aliphatic rings. The third-order valence-corrected chi connectivity index (χ3v) is 6.33. The second-order valence-electron chi connectivity index (χ2n) is 7.92. The van der Waals surface area contributed by atoms with Crippen LogP contribution in [0.15, 0.2) is 30.3 Å². The fraction of sp³-hybridized carbons (Fsp3) is 0.524. The van der Waals surface area contributed by atoms with Crippen molar-refractivity contribution in [1.29, 1.82) is 0 Å². The number of benzene rings is 1. The molecule has 148 valence electrons. The van der Waals surface area contributed by atoms with Crippen LogP contribution in [0.5, 0.6) is 0 Å². The predicted octanol–water partition coefficient (Wildman–Crippen LogP) is 1.29. The van der Waals surface area contributed by atoms with Crippen LogP contribution in [0.1, 0.15) is 43.5 Å². The fourth-order valence-electron chi connectivity index (χ4n) is 5.06. The summed E-state index contributed by atoms with van der Waals surface area (Å²) < 4.78 is 0. The van der Waals surface area contributed by atoms with E-state index in [-0.39, 0.29) is 35.7 Å². The summed E-state index contributed by atoms with van der Waals surface area (Å²) >= 11 is 0. The Labute approximate surface area is 164 Å². The van der Waals surface area contributed by atoms with Crippen LogP contribution in [0, 0.1) is 5.92 Å². The van der Waals surface area contributed by atoms with Gasteiger partial charge in [-0.15, -0.1) is 0 Å². The average molecular weight is 383 g/mol. The van der Waals surface area contributed by atoms with Crippen LogP contribution in [0.25, 0.3) is 0 Å². The Balaban J connectivity index is 1.55. The molecule has 4 amide bonds. The van der Waals surface area contributed by atoms with Crippen molar-refractivity contribution < 1.29 is 19.2 Å². The van der Waals surface area contributed by atoms with E-state index in [0.717, 1.165) is 6.42 Å². The van der Waals surface area contributed by atoms with Crippen LogP contribution in [-0.4, -0.2) is 69.5 Å². The Morgan fingerprint density at radius 3 is 2.39 bits per heavy atom. The van der Waals surface area contributed by atoms with Crippen molar-refractivity contribution >= 4 is 23.6 Å². The van der Waals surface area contributed by atoms with E-state index < -0.39 is 12.0 Å². The molecule has 0 bridgehead atoms. The first kappa shape index (κ1) is 18.7. The lowest BCUT2D eigenvalue weighted by Gasteiger charge is -2.32. The molecule has 0 spiro atoms. The van der Waals surface area contributed by atoms with E-state index in [1.165, 1.54) is 11.8 Å². The van der Waals surface area contributed by atoms with Gasteiger partial charge in [-0.3, -0.25) is 24.1 Å². The number of carbonyl (C=O) groups excluding carboxylic acids is 4. The van der Waals surface area contributed by atoms with E-state index in [1.807, 2.05) is 18.2 Å². The van der Waals surface area contributed by atoms with Crippen molar-refractivity contribution in [3.8, 4) is 0 Å². The van der Waals surface area contributed by atoms with E-state index in [2.05, 4.69) is 0 Å². The van der Waals surface area contributed by atoms with E-state index in [1.54, 1.807) is 28.9 Å². The smallest absolute Gasteiger partial charge is 0.254 e. The lowest BCUT2D eigenvalue weighted by atomic mass is 10.0. The van der Waals surface area contributed by atoms with Crippen molar-refractivity contribution in [2.45, 2.75) is 51.2 Å². The Morgan fingerprint density at radius 2 is 1.71 bits per heavy atom. The zero-order valence-corrected chi connectivity index (χ0v) is 16.2. The molecule has 7 nitrogen and oxygen atoms in total. The zero-order chi connectivity index (χ0) is 20.0. The van der Waals surface area contributed by atoms with Gasteiger partial charge in [0.1, 0.15) is 6.04 Å². The molecule has 3 aliphatic heterocycles. The average Bonchev–Trinajstić information content (AvgIpc) is 3.39. The number of imide groups is 1. The van der Waals surface area contributed by atoms with E-state index in [4.69, 9.17) is 0 Å². The third-order valence-electron chi connectivity index (χ3n) is 6.33. The largest absolute Gasteiger partial charge is 0.335 e. The molecule has 0 N–H and O–H groups in total. The number of hydrogen-bond donors (Lipinski definition) is 0. The molecule has 0 aromatic heterocycles. The molecule has 0 radical (unpaired) electrons. The number of fused-ring (bicyclic) bond motifs is 1. The Morgan fingerprint density at radius 1 is 1.00 bits per heavy atom. The second-order valence-corrected chi connectivity index (χ2v) is 7.92. The summed E-state index contributed by atoms with van der Waals surface area (Å²) in [5.41, 5.74) is 0.577. The number of rotatable bonds is 2. The van der Waals surface area contributed by atoms with Crippen LogP contribution in [0.4, 0.5) is 0 Å². The van der Waals surface area contributed by atoms with E-state index >= 15 is 0 Å². The summed E-state index contributed by atoms with van der Waals surface area (Å²) in [6, 6.07) is 7.96. The Bertz CT molecular complexity index is 824. The van der Waals surface area contributed by atoms with Crippen LogP contribution in [-0.2, 0) is 14.4 Å². The van der Waals surface area contributed by atoms with Crippen molar-refractivity contribution in [2.75, 3.05) is 13.1 Å². The lowest BCUT2D eigenvalue weighted by Crippen LogP contribution is -2.51. The third kappa shape index (κ3) is 2.80. The Hall–Kier alpha value is -2.70. The summed E-state index contributed by atoms with van der Waals surface area (Å²) in [4.78, 5) is 55.5. The maximum atomic E-state index is 13.4. The van der Waals surface area contributed by atoms with Gasteiger partial charge in [-0.2, -0.15) is 0 Å². The normalized spacial score (nSPS) is 29.4. The molecule has 3 fully saturated rings. The van der Waals surface area contributed by atoms with Crippen molar-refractivity contribution in [3.05, 3.63) is 35.9 Å². The monoisotopic (exact) mass is 383 g/mol. The van der Waals surface area contributed by atoms with Gasteiger partial charge in [0.2, 0.25) is 17.7 Å². The van der Waals surface area contributed by atoms with Gasteiger partial charge in [-0.05, 0) is 31.4 Å². The minimum atomic E-state index is -0.500. The summed E-state index contributed by atoms with van der Waals surface area (Å²) in [5.74, 6) is -1.10. The van der Waals surface area contributed by atoms with Crippen molar-refractivity contribution in [2.24, 2.45) is 5.92 Å². The van der Waals surface area contributed by atoms with Crippen LogP contribution in [0.3, 0.4) is 0 Å². The highest BCUT2D eigenvalue weighted by Crippen LogP contribution is 2.37. The second kappa shape index (κ2) is 7.04. The highest BCUT2D eigenvalue weighted by molar-refractivity contribution is 6.00. The first-order chi connectivity index (χ1) is 13.4. The summed E-state index contributed by atoms with van der Waals surface area (Å²) in [6.07, 6.45) is 2.01. The van der Waals surface area contributed by atoms with Gasteiger partial charge in [-0.25, -0.2) is 0 Å². The van der Waals surface area contributed by atoms with Crippen molar-refractivity contribution in [3.63, 3.8) is 0 Å². The minimum absolute atomic E-state index is 0.0978. The molecule has 4 atom stereocenters. The molecule has 3 saturated heterocycles. The molecule has 1 aromatic rings. The molecule has 28 heavy (non-hydrogen) atoms. The quantitative estimate of drug-likeness (QED) is 0.771. The lowest BCUT2D eigenvalue weighted by molar-refractivity contribution is -0.143. The zero-order valence-electron chi connectivity index (χ0n) is 16.2. The highest BCUT2D eigenvalue weighted by atomic mass is 16.2. The maximum Gasteiger partial charge on any atom is 0.254 e. The van der Waals surface area contributed by atoms with Gasteiger partial charge in [0, 0.05) is 25.6 Å². The van der Waals surface area contributed by atoms with Gasteiger partial charge in [0.15, 0.2) is 0 Å². The molecule has 7 heteroatoms. The number of hydrogen-bond acceptors (Lipinski definition) is 4. The molecule has 0 saturated carbocycles. The summed E-state index contributed by atoms with van der Waals surface area (Å²) in [7, 11) is 0. The summed E-state index contributed by atoms with van der Waals surface area (Å²) in [5, 5.41) is 0. The number of nitrogens with zero attached hydrogens (tertiary/aromatic N) is 3. The number of carbonyl (C=O) groups is 4. The molecule has 3 heterocycles. The van der Waals surface area contributed by atoms with Crippen molar-refractivity contribution in [1.82, 2.24) is 14.7 Å². The molecule has 4 rings (SSSR count). The number of likely N-dealkylation sites (tertiary alicyclic amines) is 3. The van der Waals surface area contributed by atoms with Gasteiger partial charge in [0.25, 0.3) is 5.91 Å². The molecule has 1 aromatic carbocycles. The molecule has 0 aliphatic carbocycles. The SMILES string of the molecule is CC(=O)N1C(=O)[C@@H](C)[C@@H]2[C@@H]1CCN2C(=O)C1CCCN1C(=O)c1ccccc1. The predicted molar refractivity (Wildman–Crippen MR) is 101 cm³/mol. The van der Waals surface area contributed by atoms with Gasteiger partial charge in [0.05, 0.1) is 18.0 Å². The minimum Gasteiger partial charge on any atom is -0.335 e. The molecule has 1 unspecified atom stereocenters. The number of amides is 4. The first-order valence-electron chi connectivity index (χ1n) is 9.92. The Kier molecular flexibility index (Phi) is 4.69. The highest BCUT2D eigenvalue weighted by Gasteiger charge is 2.55.